The van der Waals surface area contributed by atoms with Crippen LogP contribution in [0.25, 0.3) is 11.0 Å². The predicted molar refractivity (Wildman–Crippen MR) is 91.0 cm³/mol. The van der Waals surface area contributed by atoms with Gasteiger partial charge in [-0.3, -0.25) is 9.78 Å². The summed E-state index contributed by atoms with van der Waals surface area (Å²) in [6.07, 6.45) is 5.62. The third-order valence-corrected chi connectivity index (χ3v) is 4.68. The zero-order valence-electron chi connectivity index (χ0n) is 12.4. The molecule has 0 spiro atoms. The van der Waals surface area contributed by atoms with E-state index < -0.39 is 0 Å². The number of hydrogen-bond donors (Lipinski definition) is 0. The molecule has 0 unspecified atom stereocenters. The maximum absolute atomic E-state index is 12.9. The van der Waals surface area contributed by atoms with Crippen molar-refractivity contribution in [2.45, 2.75) is 25.4 Å². The van der Waals surface area contributed by atoms with Crippen molar-refractivity contribution < 1.29 is 9.21 Å². The molecule has 0 radical (unpaired) electrons. The van der Waals surface area contributed by atoms with E-state index in [2.05, 4.69) is 20.9 Å². The van der Waals surface area contributed by atoms with Crippen LogP contribution in [0.5, 0.6) is 0 Å². The van der Waals surface area contributed by atoms with E-state index in [-0.39, 0.29) is 5.91 Å². The summed E-state index contributed by atoms with van der Waals surface area (Å²) in [5.74, 6) is 0.347. The van der Waals surface area contributed by atoms with Crippen LogP contribution in [0.2, 0.25) is 0 Å². The third-order valence-electron chi connectivity index (χ3n) is 4.06. The van der Waals surface area contributed by atoms with Crippen LogP contribution in [0.1, 0.15) is 29.0 Å². The molecule has 23 heavy (non-hydrogen) atoms. The van der Waals surface area contributed by atoms with E-state index in [0.29, 0.717) is 18.3 Å². The number of rotatable bonds is 4. The summed E-state index contributed by atoms with van der Waals surface area (Å²) in [6.45, 7) is 0.588. The largest absolute Gasteiger partial charge is 0.450 e. The Balaban J connectivity index is 1.65. The first kappa shape index (κ1) is 14.5. The van der Waals surface area contributed by atoms with E-state index in [9.17, 15) is 4.79 Å². The van der Waals surface area contributed by atoms with Crippen LogP contribution in [0.3, 0.4) is 0 Å². The quantitative estimate of drug-likeness (QED) is 0.683. The molecular formula is C18H15BrN2O2. The Hall–Kier alpha value is -2.14. The van der Waals surface area contributed by atoms with E-state index in [1.807, 2.05) is 41.3 Å². The Labute approximate surface area is 142 Å². The van der Waals surface area contributed by atoms with Crippen molar-refractivity contribution in [1.82, 2.24) is 9.88 Å². The second-order valence-electron chi connectivity index (χ2n) is 5.79. The minimum absolute atomic E-state index is 0.0487. The first-order valence-electron chi connectivity index (χ1n) is 7.60. The van der Waals surface area contributed by atoms with Gasteiger partial charge in [0, 0.05) is 30.4 Å². The molecule has 1 aromatic carbocycles. The molecule has 0 atom stereocenters. The van der Waals surface area contributed by atoms with Crippen LogP contribution in [-0.4, -0.2) is 21.8 Å². The lowest BCUT2D eigenvalue weighted by molar-refractivity contribution is 0.0700. The molecule has 4 rings (SSSR count). The van der Waals surface area contributed by atoms with Crippen molar-refractivity contribution >= 4 is 32.8 Å². The number of amides is 1. The molecule has 0 bridgehead atoms. The molecule has 2 heterocycles. The average molecular weight is 371 g/mol. The number of carbonyl (C=O) groups excluding carboxylic acids is 1. The van der Waals surface area contributed by atoms with Crippen molar-refractivity contribution in [3.05, 3.63) is 64.6 Å². The van der Waals surface area contributed by atoms with Crippen molar-refractivity contribution in [2.24, 2.45) is 0 Å². The molecule has 4 nitrogen and oxygen atoms in total. The molecule has 0 saturated heterocycles. The number of hydrogen-bond acceptors (Lipinski definition) is 3. The Morgan fingerprint density at radius 2 is 2.04 bits per heavy atom. The smallest absolute Gasteiger partial charge is 0.290 e. The van der Waals surface area contributed by atoms with Crippen LogP contribution in [0, 0.1) is 0 Å². The zero-order valence-corrected chi connectivity index (χ0v) is 14.0. The first-order chi connectivity index (χ1) is 11.2. The summed E-state index contributed by atoms with van der Waals surface area (Å²) >= 11 is 3.47. The van der Waals surface area contributed by atoms with Gasteiger partial charge >= 0.3 is 0 Å². The molecule has 3 aromatic rings. The molecule has 116 valence electrons. The van der Waals surface area contributed by atoms with Crippen LogP contribution >= 0.6 is 15.9 Å². The highest BCUT2D eigenvalue weighted by Gasteiger charge is 2.34. The summed E-state index contributed by atoms with van der Waals surface area (Å²) in [5, 5.41) is 0.933. The maximum atomic E-state index is 12.9. The number of pyridine rings is 1. The Kier molecular flexibility index (Phi) is 3.65. The number of halogens is 1. The average Bonchev–Trinajstić information content (AvgIpc) is 3.31. The molecule has 1 saturated carbocycles. The first-order valence-corrected chi connectivity index (χ1v) is 8.39. The Morgan fingerprint density at radius 3 is 2.74 bits per heavy atom. The number of furan rings is 1. The summed E-state index contributed by atoms with van der Waals surface area (Å²) in [4.78, 5) is 18.8. The van der Waals surface area contributed by atoms with Gasteiger partial charge < -0.3 is 9.32 Å². The van der Waals surface area contributed by atoms with Gasteiger partial charge in [0.05, 0.1) is 4.47 Å². The predicted octanol–water partition coefficient (Wildman–Crippen LogP) is 4.40. The number of aromatic nitrogens is 1. The molecule has 1 fully saturated rings. The normalized spacial score (nSPS) is 14.1. The van der Waals surface area contributed by atoms with Gasteiger partial charge in [-0.2, -0.15) is 0 Å². The standard InChI is InChI=1S/C18H15BrN2O2/c19-15-3-1-2-13-10-16(23-17(13)15)18(22)21(14-4-5-14)11-12-6-8-20-9-7-12/h1-3,6-10,14H,4-5,11H2. The SMILES string of the molecule is O=C(c1cc2cccc(Br)c2o1)N(Cc1ccncc1)C1CC1. The minimum atomic E-state index is -0.0487. The maximum Gasteiger partial charge on any atom is 0.290 e. The number of fused-ring (bicyclic) bond motifs is 1. The lowest BCUT2D eigenvalue weighted by atomic mass is 10.2. The van der Waals surface area contributed by atoms with Gasteiger partial charge in [0.15, 0.2) is 5.76 Å². The van der Waals surface area contributed by atoms with E-state index >= 15 is 0 Å². The second kappa shape index (κ2) is 5.81. The zero-order chi connectivity index (χ0) is 15.8. The highest BCUT2D eigenvalue weighted by Crippen LogP contribution is 2.32. The fraction of sp³-hybridized carbons (Fsp3) is 0.222. The van der Waals surface area contributed by atoms with Crippen molar-refractivity contribution in [2.75, 3.05) is 0 Å². The third kappa shape index (κ3) is 2.88. The van der Waals surface area contributed by atoms with Gasteiger partial charge in [0.2, 0.25) is 0 Å². The topological polar surface area (TPSA) is 46.3 Å². The lowest BCUT2D eigenvalue weighted by Crippen LogP contribution is -2.32. The summed E-state index contributed by atoms with van der Waals surface area (Å²) in [7, 11) is 0. The summed E-state index contributed by atoms with van der Waals surface area (Å²) in [5.41, 5.74) is 1.80. The van der Waals surface area contributed by atoms with Crippen LogP contribution in [0.15, 0.2) is 57.7 Å². The van der Waals surface area contributed by atoms with Gasteiger partial charge in [-0.25, -0.2) is 0 Å². The van der Waals surface area contributed by atoms with E-state index in [1.165, 1.54) is 0 Å². The molecule has 1 aliphatic carbocycles. The van der Waals surface area contributed by atoms with Gasteiger partial charge in [0.25, 0.3) is 5.91 Å². The van der Waals surface area contributed by atoms with Gasteiger partial charge in [-0.05, 0) is 58.6 Å². The molecule has 2 aromatic heterocycles. The highest BCUT2D eigenvalue weighted by molar-refractivity contribution is 9.10. The van der Waals surface area contributed by atoms with E-state index in [0.717, 1.165) is 33.8 Å². The van der Waals surface area contributed by atoms with E-state index in [4.69, 9.17) is 4.42 Å². The molecule has 0 N–H and O–H groups in total. The Morgan fingerprint density at radius 1 is 1.26 bits per heavy atom. The van der Waals surface area contributed by atoms with Crippen molar-refractivity contribution in [3.8, 4) is 0 Å². The molecule has 1 aliphatic rings. The monoisotopic (exact) mass is 370 g/mol. The van der Waals surface area contributed by atoms with Gasteiger partial charge in [0.1, 0.15) is 5.58 Å². The summed E-state index contributed by atoms with van der Waals surface area (Å²) in [6, 6.07) is 11.8. The van der Waals surface area contributed by atoms with Crippen molar-refractivity contribution in [3.63, 3.8) is 0 Å². The van der Waals surface area contributed by atoms with Crippen molar-refractivity contribution in [1.29, 1.82) is 0 Å². The number of para-hydroxylation sites is 1. The van der Waals surface area contributed by atoms with Crippen LogP contribution in [0.4, 0.5) is 0 Å². The number of benzene rings is 1. The molecule has 1 amide bonds. The number of nitrogens with zero attached hydrogens (tertiary/aromatic N) is 2. The molecular weight excluding hydrogens is 356 g/mol. The number of carbonyl (C=O) groups is 1. The van der Waals surface area contributed by atoms with Gasteiger partial charge in [-0.15, -0.1) is 0 Å². The lowest BCUT2D eigenvalue weighted by Gasteiger charge is -2.21. The van der Waals surface area contributed by atoms with E-state index in [1.54, 1.807) is 12.4 Å². The second-order valence-corrected chi connectivity index (χ2v) is 6.64. The minimum Gasteiger partial charge on any atom is -0.450 e. The van der Waals surface area contributed by atoms with Crippen LogP contribution < -0.4 is 0 Å². The molecule has 0 aliphatic heterocycles. The van der Waals surface area contributed by atoms with Crippen LogP contribution in [-0.2, 0) is 6.54 Å². The summed E-state index contributed by atoms with van der Waals surface area (Å²) < 4.78 is 6.67. The highest BCUT2D eigenvalue weighted by atomic mass is 79.9. The Bertz CT molecular complexity index is 856. The fourth-order valence-electron chi connectivity index (χ4n) is 2.71. The molecule has 5 heteroatoms. The fourth-order valence-corrected chi connectivity index (χ4v) is 3.17. The van der Waals surface area contributed by atoms with Gasteiger partial charge in [-0.1, -0.05) is 12.1 Å².